The molecule has 1 amide bonds. The molecule has 5 nitrogen and oxygen atoms in total. The molecule has 152 valence electrons. The predicted octanol–water partition coefficient (Wildman–Crippen LogP) is 4.44. The van der Waals surface area contributed by atoms with Crippen LogP contribution in [0.1, 0.15) is 40.4 Å². The first-order valence-electron chi connectivity index (χ1n) is 10.0. The van der Waals surface area contributed by atoms with Gasteiger partial charge in [0.1, 0.15) is 12.4 Å². The van der Waals surface area contributed by atoms with Crippen LogP contribution in [-0.2, 0) is 16.1 Å². The average molecular weight is 401 g/mol. The Hall–Kier alpha value is -3.60. The molecule has 0 spiro atoms. The fraction of sp³-hybridized carbons (Fsp3) is 0.200. The smallest absolute Gasteiger partial charge is 0.339 e. The Morgan fingerprint density at radius 1 is 0.867 bits per heavy atom. The summed E-state index contributed by atoms with van der Waals surface area (Å²) in [7, 11) is 0. The van der Waals surface area contributed by atoms with E-state index >= 15 is 0 Å². The van der Waals surface area contributed by atoms with Crippen LogP contribution < -0.4 is 10.1 Å². The van der Waals surface area contributed by atoms with E-state index in [1.807, 2.05) is 48.5 Å². The van der Waals surface area contributed by atoms with Crippen molar-refractivity contribution in [3.63, 3.8) is 0 Å². The van der Waals surface area contributed by atoms with Gasteiger partial charge in [0.2, 0.25) is 6.10 Å². The first-order valence-corrected chi connectivity index (χ1v) is 10.0. The second-order valence-electron chi connectivity index (χ2n) is 7.28. The summed E-state index contributed by atoms with van der Waals surface area (Å²) in [5, 5.41) is 2.91. The molecule has 1 aliphatic rings. The molecule has 0 aromatic heterocycles. The third-order valence-electron chi connectivity index (χ3n) is 4.83. The molecule has 0 unspecified atom stereocenters. The SMILES string of the molecule is O=C(O[C@H](C(=O)NC1CC1)c1ccccc1)c1ccc(OCc2ccccc2)cc1. The van der Waals surface area contributed by atoms with Gasteiger partial charge in [0.25, 0.3) is 5.91 Å². The molecule has 0 bridgehead atoms. The van der Waals surface area contributed by atoms with E-state index in [2.05, 4.69) is 5.32 Å². The van der Waals surface area contributed by atoms with Gasteiger partial charge in [-0.25, -0.2) is 4.79 Å². The van der Waals surface area contributed by atoms with Crippen molar-refractivity contribution in [1.82, 2.24) is 5.32 Å². The monoisotopic (exact) mass is 401 g/mol. The standard InChI is InChI=1S/C25H23NO4/c27-24(26-21-13-14-21)23(19-9-5-2-6-10-19)30-25(28)20-11-15-22(16-12-20)29-17-18-7-3-1-4-8-18/h1-12,15-16,21,23H,13-14,17H2,(H,26,27)/t23-/m0/s1. The number of ether oxygens (including phenoxy) is 2. The lowest BCUT2D eigenvalue weighted by molar-refractivity contribution is -0.130. The van der Waals surface area contributed by atoms with Crippen molar-refractivity contribution < 1.29 is 19.1 Å². The second kappa shape index (κ2) is 9.27. The topological polar surface area (TPSA) is 64.6 Å². The molecular formula is C25H23NO4. The highest BCUT2D eigenvalue weighted by Gasteiger charge is 2.31. The van der Waals surface area contributed by atoms with Gasteiger partial charge in [-0.15, -0.1) is 0 Å². The van der Waals surface area contributed by atoms with Crippen molar-refractivity contribution in [2.45, 2.75) is 31.6 Å². The van der Waals surface area contributed by atoms with Gasteiger partial charge in [-0.05, 0) is 42.7 Å². The Kier molecular flexibility index (Phi) is 6.09. The molecule has 0 saturated heterocycles. The van der Waals surface area contributed by atoms with Gasteiger partial charge in [0.05, 0.1) is 5.56 Å². The number of carbonyl (C=O) groups excluding carboxylic acids is 2. The molecule has 30 heavy (non-hydrogen) atoms. The lowest BCUT2D eigenvalue weighted by Gasteiger charge is -2.18. The number of esters is 1. The van der Waals surface area contributed by atoms with Gasteiger partial charge in [-0.3, -0.25) is 4.79 Å². The summed E-state index contributed by atoms with van der Waals surface area (Å²) in [6.45, 7) is 0.446. The number of amides is 1. The third kappa shape index (κ3) is 5.26. The number of hydrogen-bond donors (Lipinski definition) is 1. The molecule has 4 rings (SSSR count). The summed E-state index contributed by atoms with van der Waals surface area (Å²) in [6, 6.07) is 25.8. The minimum atomic E-state index is -0.978. The Balaban J connectivity index is 1.41. The first-order chi connectivity index (χ1) is 14.7. The molecule has 1 atom stereocenters. The van der Waals surface area contributed by atoms with Crippen molar-refractivity contribution in [2.75, 3.05) is 0 Å². The van der Waals surface area contributed by atoms with Crippen LogP contribution in [0.2, 0.25) is 0 Å². The summed E-state index contributed by atoms with van der Waals surface area (Å²) >= 11 is 0. The molecule has 0 radical (unpaired) electrons. The van der Waals surface area contributed by atoms with Gasteiger partial charge in [0, 0.05) is 11.6 Å². The third-order valence-corrected chi connectivity index (χ3v) is 4.83. The van der Waals surface area contributed by atoms with Crippen molar-refractivity contribution in [2.24, 2.45) is 0 Å². The quantitative estimate of drug-likeness (QED) is 0.567. The van der Waals surface area contributed by atoms with E-state index in [0.717, 1.165) is 18.4 Å². The van der Waals surface area contributed by atoms with Crippen LogP contribution >= 0.6 is 0 Å². The van der Waals surface area contributed by atoms with Crippen LogP contribution in [0, 0.1) is 0 Å². The van der Waals surface area contributed by atoms with Crippen molar-refractivity contribution in [1.29, 1.82) is 0 Å². The fourth-order valence-corrected chi connectivity index (χ4v) is 3.01. The summed E-state index contributed by atoms with van der Waals surface area (Å²) in [4.78, 5) is 25.3. The zero-order valence-corrected chi connectivity index (χ0v) is 16.5. The molecule has 1 N–H and O–H groups in total. The van der Waals surface area contributed by atoms with E-state index in [4.69, 9.17) is 9.47 Å². The van der Waals surface area contributed by atoms with Crippen LogP contribution in [0.3, 0.4) is 0 Å². The van der Waals surface area contributed by atoms with Gasteiger partial charge in [-0.1, -0.05) is 60.7 Å². The second-order valence-corrected chi connectivity index (χ2v) is 7.28. The van der Waals surface area contributed by atoms with Crippen molar-refractivity contribution >= 4 is 11.9 Å². The lowest BCUT2D eigenvalue weighted by atomic mass is 10.1. The summed E-state index contributed by atoms with van der Waals surface area (Å²) in [5.74, 6) is -0.189. The molecule has 1 aliphatic carbocycles. The highest BCUT2D eigenvalue weighted by molar-refractivity contribution is 5.93. The first kappa shape index (κ1) is 19.7. The van der Waals surface area contributed by atoms with E-state index in [1.165, 1.54) is 0 Å². The van der Waals surface area contributed by atoms with Crippen LogP contribution in [0.4, 0.5) is 0 Å². The maximum Gasteiger partial charge on any atom is 0.339 e. The maximum atomic E-state index is 12.7. The average Bonchev–Trinajstić information content (AvgIpc) is 3.61. The van der Waals surface area contributed by atoms with Crippen molar-refractivity contribution in [3.05, 3.63) is 102 Å². The Morgan fingerprint density at radius 2 is 1.50 bits per heavy atom. The van der Waals surface area contributed by atoms with E-state index < -0.39 is 12.1 Å². The van der Waals surface area contributed by atoms with Crippen LogP contribution in [0.15, 0.2) is 84.9 Å². The highest BCUT2D eigenvalue weighted by atomic mass is 16.5. The minimum absolute atomic E-state index is 0.184. The zero-order valence-electron chi connectivity index (χ0n) is 16.5. The normalized spacial score (nSPS) is 13.9. The van der Waals surface area contributed by atoms with Crippen molar-refractivity contribution in [3.8, 4) is 5.75 Å². The van der Waals surface area contributed by atoms with Gasteiger partial charge in [0.15, 0.2) is 0 Å². The minimum Gasteiger partial charge on any atom is -0.489 e. The van der Waals surface area contributed by atoms with Crippen LogP contribution in [0.5, 0.6) is 5.75 Å². The van der Waals surface area contributed by atoms with Gasteiger partial charge >= 0.3 is 5.97 Å². The number of hydrogen-bond acceptors (Lipinski definition) is 4. The number of carbonyl (C=O) groups is 2. The summed E-state index contributed by atoms with van der Waals surface area (Å²) in [5.41, 5.74) is 2.07. The van der Waals surface area contributed by atoms with Crippen LogP contribution in [-0.4, -0.2) is 17.9 Å². The molecule has 0 heterocycles. The number of nitrogens with one attached hydrogen (secondary N) is 1. The number of rotatable bonds is 8. The largest absolute Gasteiger partial charge is 0.489 e. The lowest BCUT2D eigenvalue weighted by Crippen LogP contribution is -2.33. The molecule has 5 heteroatoms. The molecule has 3 aromatic carbocycles. The van der Waals surface area contributed by atoms with Gasteiger partial charge in [-0.2, -0.15) is 0 Å². The highest BCUT2D eigenvalue weighted by Crippen LogP contribution is 2.24. The number of benzene rings is 3. The summed E-state index contributed by atoms with van der Waals surface area (Å²) in [6.07, 6.45) is 0.949. The molecule has 0 aliphatic heterocycles. The van der Waals surface area contributed by atoms with E-state index in [9.17, 15) is 9.59 Å². The fourth-order valence-electron chi connectivity index (χ4n) is 3.01. The Morgan fingerprint density at radius 3 is 2.13 bits per heavy atom. The molecule has 1 fully saturated rings. The van der Waals surface area contributed by atoms with E-state index in [1.54, 1.807) is 36.4 Å². The Bertz CT molecular complexity index is 983. The zero-order chi connectivity index (χ0) is 20.8. The molecule has 3 aromatic rings. The summed E-state index contributed by atoms with van der Waals surface area (Å²) < 4.78 is 11.3. The van der Waals surface area contributed by atoms with E-state index in [0.29, 0.717) is 23.5 Å². The maximum absolute atomic E-state index is 12.7. The molecular weight excluding hydrogens is 378 g/mol. The van der Waals surface area contributed by atoms with Crippen LogP contribution in [0.25, 0.3) is 0 Å². The molecule has 1 saturated carbocycles. The van der Waals surface area contributed by atoms with E-state index in [-0.39, 0.29) is 11.9 Å². The Labute approximate surface area is 175 Å². The van der Waals surface area contributed by atoms with Gasteiger partial charge < -0.3 is 14.8 Å². The predicted molar refractivity (Wildman–Crippen MR) is 113 cm³/mol.